The number of ether oxygens (including phenoxy) is 1. The Morgan fingerprint density at radius 3 is 2.88 bits per heavy atom. The summed E-state index contributed by atoms with van der Waals surface area (Å²) in [5.41, 5.74) is 0.906. The topological polar surface area (TPSA) is 69.0 Å². The van der Waals surface area contributed by atoms with Gasteiger partial charge in [0.05, 0.1) is 13.0 Å². The highest BCUT2D eigenvalue weighted by Gasteiger charge is 2.06. The maximum Gasteiger partial charge on any atom is 0.223 e. The summed E-state index contributed by atoms with van der Waals surface area (Å²) in [5.74, 6) is 0.215. The zero-order chi connectivity index (χ0) is 17.5. The Hall–Kier alpha value is -3.22. The lowest BCUT2D eigenvalue weighted by atomic mass is 10.2. The number of pyridine rings is 1. The lowest BCUT2D eigenvalue weighted by Gasteiger charge is -2.08. The number of nitrogens with zero attached hydrogens (tertiary/aromatic N) is 3. The van der Waals surface area contributed by atoms with E-state index >= 15 is 0 Å². The van der Waals surface area contributed by atoms with E-state index in [1.165, 1.54) is 12.1 Å². The van der Waals surface area contributed by atoms with Gasteiger partial charge in [-0.15, -0.1) is 0 Å². The third kappa shape index (κ3) is 4.63. The van der Waals surface area contributed by atoms with Crippen molar-refractivity contribution in [2.45, 2.75) is 13.0 Å². The monoisotopic (exact) mass is 340 g/mol. The van der Waals surface area contributed by atoms with E-state index in [-0.39, 0.29) is 24.7 Å². The fourth-order valence-electron chi connectivity index (χ4n) is 2.20. The van der Waals surface area contributed by atoms with E-state index in [1.807, 2.05) is 18.2 Å². The summed E-state index contributed by atoms with van der Waals surface area (Å²) in [4.78, 5) is 16.1. The molecule has 1 aromatic carbocycles. The van der Waals surface area contributed by atoms with Crippen molar-refractivity contribution >= 4 is 5.91 Å². The zero-order valence-corrected chi connectivity index (χ0v) is 13.4. The first-order valence-corrected chi connectivity index (χ1v) is 7.81. The Kier molecular flexibility index (Phi) is 5.36. The van der Waals surface area contributed by atoms with Gasteiger partial charge in [0.1, 0.15) is 0 Å². The third-order valence-corrected chi connectivity index (χ3v) is 3.46. The SMILES string of the molecule is O=C(CCOc1ccccc1F)NCc1ccnc(-n2cccn2)c1. The maximum atomic E-state index is 13.4. The van der Waals surface area contributed by atoms with Gasteiger partial charge in [0.25, 0.3) is 0 Å². The molecule has 0 fully saturated rings. The zero-order valence-electron chi connectivity index (χ0n) is 13.4. The highest BCUT2D eigenvalue weighted by atomic mass is 19.1. The number of aromatic nitrogens is 3. The van der Waals surface area contributed by atoms with Crippen molar-refractivity contribution in [3.8, 4) is 11.6 Å². The Morgan fingerprint density at radius 1 is 1.20 bits per heavy atom. The van der Waals surface area contributed by atoms with E-state index in [0.29, 0.717) is 12.4 Å². The molecule has 1 N–H and O–H groups in total. The smallest absolute Gasteiger partial charge is 0.223 e. The van der Waals surface area contributed by atoms with Gasteiger partial charge in [-0.2, -0.15) is 5.10 Å². The van der Waals surface area contributed by atoms with Crippen LogP contribution >= 0.6 is 0 Å². The number of benzene rings is 1. The molecular formula is C18H17FN4O2. The quantitative estimate of drug-likeness (QED) is 0.717. The van der Waals surface area contributed by atoms with Crippen molar-refractivity contribution < 1.29 is 13.9 Å². The summed E-state index contributed by atoms with van der Waals surface area (Å²) in [6.07, 6.45) is 5.28. The Labute approximate surface area is 144 Å². The predicted octanol–water partition coefficient (Wildman–Crippen LogP) is 2.49. The molecule has 0 unspecified atom stereocenters. The lowest BCUT2D eigenvalue weighted by Crippen LogP contribution is -2.24. The molecule has 0 aliphatic heterocycles. The van der Waals surface area contributed by atoms with Crippen LogP contribution in [-0.2, 0) is 11.3 Å². The number of halogens is 1. The van der Waals surface area contributed by atoms with Crippen molar-refractivity contribution in [3.63, 3.8) is 0 Å². The number of nitrogens with one attached hydrogen (secondary N) is 1. The second-order valence-corrected chi connectivity index (χ2v) is 5.28. The minimum absolute atomic E-state index is 0.113. The van der Waals surface area contributed by atoms with Crippen LogP contribution in [0.5, 0.6) is 5.75 Å². The number of hydrogen-bond acceptors (Lipinski definition) is 4. The van der Waals surface area contributed by atoms with Crippen LogP contribution in [0.1, 0.15) is 12.0 Å². The van der Waals surface area contributed by atoms with E-state index in [2.05, 4.69) is 15.4 Å². The molecule has 128 valence electrons. The predicted molar refractivity (Wildman–Crippen MR) is 89.7 cm³/mol. The van der Waals surface area contributed by atoms with E-state index in [1.54, 1.807) is 35.4 Å². The highest BCUT2D eigenvalue weighted by Crippen LogP contribution is 2.15. The highest BCUT2D eigenvalue weighted by molar-refractivity contribution is 5.76. The van der Waals surface area contributed by atoms with Gasteiger partial charge >= 0.3 is 0 Å². The Bertz CT molecular complexity index is 837. The Morgan fingerprint density at radius 2 is 2.08 bits per heavy atom. The standard InChI is InChI=1S/C18H17FN4O2/c19-15-4-1-2-5-16(15)25-11-7-18(24)21-13-14-6-9-20-17(12-14)23-10-3-8-22-23/h1-6,8-10,12H,7,11,13H2,(H,21,24). The molecule has 0 aliphatic carbocycles. The third-order valence-electron chi connectivity index (χ3n) is 3.46. The molecule has 25 heavy (non-hydrogen) atoms. The molecule has 0 spiro atoms. The van der Waals surface area contributed by atoms with Gasteiger partial charge in [-0.25, -0.2) is 14.1 Å². The van der Waals surface area contributed by atoms with Gasteiger partial charge in [0.15, 0.2) is 17.4 Å². The first-order chi connectivity index (χ1) is 12.2. The summed E-state index contributed by atoms with van der Waals surface area (Å²) in [6.45, 7) is 0.483. The summed E-state index contributed by atoms with van der Waals surface area (Å²) < 4.78 is 20.3. The van der Waals surface area contributed by atoms with Crippen LogP contribution in [0.25, 0.3) is 5.82 Å². The van der Waals surface area contributed by atoms with Crippen molar-refractivity contribution in [1.29, 1.82) is 0 Å². The van der Waals surface area contributed by atoms with Crippen LogP contribution in [0, 0.1) is 5.82 Å². The second-order valence-electron chi connectivity index (χ2n) is 5.28. The van der Waals surface area contributed by atoms with E-state index in [4.69, 9.17) is 4.74 Å². The summed E-state index contributed by atoms with van der Waals surface area (Å²) >= 11 is 0. The molecule has 0 radical (unpaired) electrons. The molecule has 0 saturated carbocycles. The van der Waals surface area contributed by atoms with Gasteiger partial charge in [-0.3, -0.25) is 4.79 Å². The molecule has 7 heteroatoms. The summed E-state index contributed by atoms with van der Waals surface area (Å²) in [7, 11) is 0. The van der Waals surface area contributed by atoms with Crippen molar-refractivity contribution in [2.24, 2.45) is 0 Å². The molecule has 1 amide bonds. The average Bonchev–Trinajstić information content (AvgIpc) is 3.17. The number of rotatable bonds is 7. The van der Waals surface area contributed by atoms with Gasteiger partial charge in [0, 0.05) is 25.1 Å². The second kappa shape index (κ2) is 8.05. The molecular weight excluding hydrogens is 323 g/mol. The molecule has 0 atom stereocenters. The molecule has 6 nitrogen and oxygen atoms in total. The molecule has 2 heterocycles. The van der Waals surface area contributed by atoms with E-state index in [9.17, 15) is 9.18 Å². The summed E-state index contributed by atoms with van der Waals surface area (Å²) in [5, 5.41) is 6.92. The van der Waals surface area contributed by atoms with Crippen LogP contribution in [0.2, 0.25) is 0 Å². The van der Waals surface area contributed by atoms with Crippen LogP contribution in [0.4, 0.5) is 4.39 Å². The number of carbonyl (C=O) groups is 1. The summed E-state index contributed by atoms with van der Waals surface area (Å²) in [6, 6.07) is 11.6. The first kappa shape index (κ1) is 16.6. The number of carbonyl (C=O) groups excluding carboxylic acids is 1. The van der Waals surface area contributed by atoms with Crippen LogP contribution < -0.4 is 10.1 Å². The number of para-hydroxylation sites is 1. The van der Waals surface area contributed by atoms with Crippen LogP contribution in [0.3, 0.4) is 0 Å². The van der Waals surface area contributed by atoms with Crippen molar-refractivity contribution in [1.82, 2.24) is 20.1 Å². The lowest BCUT2D eigenvalue weighted by molar-refractivity contribution is -0.121. The molecule has 0 saturated heterocycles. The van der Waals surface area contributed by atoms with Gasteiger partial charge in [0.2, 0.25) is 5.91 Å². The number of amides is 1. The first-order valence-electron chi connectivity index (χ1n) is 7.81. The van der Waals surface area contributed by atoms with Crippen molar-refractivity contribution in [2.75, 3.05) is 6.61 Å². The minimum Gasteiger partial charge on any atom is -0.490 e. The Balaban J connectivity index is 1.46. The van der Waals surface area contributed by atoms with E-state index in [0.717, 1.165) is 5.56 Å². The molecule has 3 aromatic rings. The minimum atomic E-state index is -0.439. The van der Waals surface area contributed by atoms with Crippen molar-refractivity contribution in [3.05, 3.63) is 72.4 Å². The molecule has 2 aromatic heterocycles. The van der Waals surface area contributed by atoms with E-state index < -0.39 is 5.82 Å². The average molecular weight is 340 g/mol. The van der Waals surface area contributed by atoms with Gasteiger partial charge in [-0.1, -0.05) is 12.1 Å². The largest absolute Gasteiger partial charge is 0.490 e. The fourth-order valence-corrected chi connectivity index (χ4v) is 2.20. The van der Waals surface area contributed by atoms with Crippen LogP contribution in [0.15, 0.2) is 61.1 Å². The molecule has 0 aliphatic rings. The normalized spacial score (nSPS) is 10.4. The maximum absolute atomic E-state index is 13.4. The van der Waals surface area contributed by atoms with Gasteiger partial charge < -0.3 is 10.1 Å². The van der Waals surface area contributed by atoms with Crippen LogP contribution in [-0.4, -0.2) is 27.3 Å². The van der Waals surface area contributed by atoms with Gasteiger partial charge in [-0.05, 0) is 35.9 Å². The number of hydrogen-bond donors (Lipinski definition) is 1. The molecule has 3 rings (SSSR count). The fraction of sp³-hybridized carbons (Fsp3) is 0.167. The molecule has 0 bridgehead atoms.